The molecule has 4 aromatic rings. The Labute approximate surface area is 212 Å². The fourth-order valence-electron chi connectivity index (χ4n) is 4.79. The third kappa shape index (κ3) is 4.95. The number of nitrogens with one attached hydrogen (secondary N) is 1. The first kappa shape index (κ1) is 23.9. The normalized spacial score (nSPS) is 14.6. The Kier molecular flexibility index (Phi) is 6.70. The van der Waals surface area contributed by atoms with E-state index < -0.39 is 0 Å². The standard InChI is InChI=1S/C30H32N4O2/c1-19-6-5-7-25(16-19)21(3)31-29-27-18-26(20(2)17-28(27)32-22(4)33-29)23-8-10-24(11-9-23)30(35)34-12-14-36-15-13-34/h5-11,16-18,21H,12-15H2,1-4H3,(H,31,32,33)/t21-/m1/s1. The Morgan fingerprint density at radius 3 is 2.44 bits per heavy atom. The highest BCUT2D eigenvalue weighted by molar-refractivity contribution is 5.96. The van der Waals surface area contributed by atoms with Crippen LogP contribution in [0.2, 0.25) is 0 Å². The molecule has 1 atom stereocenters. The van der Waals surface area contributed by atoms with Gasteiger partial charge in [0, 0.05) is 30.1 Å². The summed E-state index contributed by atoms with van der Waals surface area (Å²) in [5, 5.41) is 4.60. The Bertz CT molecular complexity index is 1410. The van der Waals surface area contributed by atoms with E-state index in [9.17, 15) is 4.79 Å². The van der Waals surface area contributed by atoms with Crippen molar-refractivity contribution in [1.29, 1.82) is 0 Å². The average molecular weight is 481 g/mol. The summed E-state index contributed by atoms with van der Waals surface area (Å²) in [6, 6.07) is 20.8. The number of ether oxygens (including phenoxy) is 1. The third-order valence-electron chi connectivity index (χ3n) is 6.79. The maximum absolute atomic E-state index is 12.9. The summed E-state index contributed by atoms with van der Waals surface area (Å²) in [6.07, 6.45) is 0. The van der Waals surface area contributed by atoms with Crippen molar-refractivity contribution in [3.8, 4) is 11.1 Å². The highest BCUT2D eigenvalue weighted by atomic mass is 16.5. The first-order valence-corrected chi connectivity index (χ1v) is 12.5. The Morgan fingerprint density at radius 2 is 1.72 bits per heavy atom. The van der Waals surface area contributed by atoms with Crippen LogP contribution in [0, 0.1) is 20.8 Å². The van der Waals surface area contributed by atoms with E-state index in [-0.39, 0.29) is 11.9 Å². The van der Waals surface area contributed by atoms with Crippen LogP contribution in [-0.4, -0.2) is 47.1 Å². The molecular weight excluding hydrogens is 448 g/mol. The van der Waals surface area contributed by atoms with Gasteiger partial charge < -0.3 is 15.0 Å². The van der Waals surface area contributed by atoms with Crippen molar-refractivity contribution >= 4 is 22.6 Å². The molecule has 6 nitrogen and oxygen atoms in total. The van der Waals surface area contributed by atoms with E-state index in [0.717, 1.165) is 39.2 Å². The zero-order valence-corrected chi connectivity index (χ0v) is 21.3. The van der Waals surface area contributed by atoms with Crippen LogP contribution in [0.1, 0.15) is 45.8 Å². The molecule has 0 spiro atoms. The van der Waals surface area contributed by atoms with Crippen LogP contribution >= 0.6 is 0 Å². The molecule has 36 heavy (non-hydrogen) atoms. The van der Waals surface area contributed by atoms with Crippen molar-refractivity contribution in [2.75, 3.05) is 31.6 Å². The van der Waals surface area contributed by atoms with E-state index in [4.69, 9.17) is 14.7 Å². The van der Waals surface area contributed by atoms with E-state index in [0.29, 0.717) is 31.9 Å². The second-order valence-corrected chi connectivity index (χ2v) is 9.57. The SMILES string of the molecule is Cc1cccc([C@@H](C)Nc2nc(C)nc3cc(C)c(-c4ccc(C(=O)N5CCOCC5)cc4)cc23)c1. The second-order valence-electron chi connectivity index (χ2n) is 9.57. The number of hydrogen-bond donors (Lipinski definition) is 1. The van der Waals surface area contributed by atoms with Gasteiger partial charge in [-0.2, -0.15) is 0 Å². The smallest absolute Gasteiger partial charge is 0.254 e. The zero-order valence-electron chi connectivity index (χ0n) is 21.3. The van der Waals surface area contributed by atoms with E-state index in [1.54, 1.807) is 0 Å². The maximum Gasteiger partial charge on any atom is 0.254 e. The van der Waals surface area contributed by atoms with Gasteiger partial charge in [-0.15, -0.1) is 0 Å². The van der Waals surface area contributed by atoms with Gasteiger partial charge in [0.05, 0.1) is 18.7 Å². The van der Waals surface area contributed by atoms with Crippen LogP contribution in [0.25, 0.3) is 22.0 Å². The fourth-order valence-corrected chi connectivity index (χ4v) is 4.79. The summed E-state index contributed by atoms with van der Waals surface area (Å²) in [5.74, 6) is 1.62. The highest BCUT2D eigenvalue weighted by Gasteiger charge is 2.19. The number of nitrogens with zero attached hydrogens (tertiary/aromatic N) is 3. The molecule has 0 bridgehead atoms. The van der Waals surface area contributed by atoms with Crippen LogP contribution in [0.3, 0.4) is 0 Å². The van der Waals surface area contributed by atoms with Gasteiger partial charge in [-0.3, -0.25) is 4.79 Å². The molecular formula is C30H32N4O2. The topological polar surface area (TPSA) is 67.4 Å². The summed E-state index contributed by atoms with van der Waals surface area (Å²) in [4.78, 5) is 24.2. The van der Waals surface area contributed by atoms with Crippen molar-refractivity contribution in [3.63, 3.8) is 0 Å². The number of rotatable bonds is 5. The first-order chi connectivity index (χ1) is 17.4. The monoisotopic (exact) mass is 480 g/mol. The largest absolute Gasteiger partial charge is 0.378 e. The van der Waals surface area contributed by atoms with Crippen LogP contribution in [0.5, 0.6) is 0 Å². The molecule has 0 aliphatic carbocycles. The van der Waals surface area contributed by atoms with Crippen molar-refractivity contribution in [3.05, 3.63) is 88.7 Å². The zero-order chi connectivity index (χ0) is 25.2. The number of anilines is 1. The van der Waals surface area contributed by atoms with Gasteiger partial charge in [0.1, 0.15) is 11.6 Å². The summed E-state index contributed by atoms with van der Waals surface area (Å²) in [7, 11) is 0. The summed E-state index contributed by atoms with van der Waals surface area (Å²) >= 11 is 0. The quantitative estimate of drug-likeness (QED) is 0.387. The number of aromatic nitrogens is 2. The summed E-state index contributed by atoms with van der Waals surface area (Å²) in [6.45, 7) is 10.8. The van der Waals surface area contributed by atoms with Gasteiger partial charge >= 0.3 is 0 Å². The second kappa shape index (κ2) is 10.1. The molecule has 184 valence electrons. The lowest BCUT2D eigenvalue weighted by Gasteiger charge is -2.26. The van der Waals surface area contributed by atoms with Gasteiger partial charge in [0.25, 0.3) is 5.91 Å². The van der Waals surface area contributed by atoms with Crippen molar-refractivity contribution in [2.24, 2.45) is 0 Å². The predicted molar refractivity (Wildman–Crippen MR) is 144 cm³/mol. The summed E-state index contributed by atoms with van der Waals surface area (Å²) in [5.41, 5.74) is 7.36. The van der Waals surface area contributed by atoms with Crippen LogP contribution in [0.4, 0.5) is 5.82 Å². The van der Waals surface area contributed by atoms with E-state index in [1.807, 2.05) is 36.1 Å². The predicted octanol–water partition coefficient (Wildman–Crippen LogP) is 5.87. The molecule has 1 aliphatic heterocycles. The van der Waals surface area contributed by atoms with E-state index in [2.05, 4.69) is 62.5 Å². The highest BCUT2D eigenvalue weighted by Crippen LogP contribution is 2.32. The van der Waals surface area contributed by atoms with Gasteiger partial charge in [-0.25, -0.2) is 9.97 Å². The minimum Gasteiger partial charge on any atom is -0.378 e. The third-order valence-corrected chi connectivity index (χ3v) is 6.79. The molecule has 1 aromatic heterocycles. The Morgan fingerprint density at radius 1 is 0.972 bits per heavy atom. The fraction of sp³-hybridized carbons (Fsp3) is 0.300. The lowest BCUT2D eigenvalue weighted by Crippen LogP contribution is -2.40. The molecule has 0 unspecified atom stereocenters. The van der Waals surface area contributed by atoms with E-state index >= 15 is 0 Å². The number of morpholine rings is 1. The number of hydrogen-bond acceptors (Lipinski definition) is 5. The molecule has 0 saturated carbocycles. The molecule has 1 N–H and O–H groups in total. The van der Waals surface area contributed by atoms with Gasteiger partial charge in [0.2, 0.25) is 0 Å². The minimum absolute atomic E-state index is 0.0561. The average Bonchev–Trinajstić information content (AvgIpc) is 2.88. The maximum atomic E-state index is 12.9. The van der Waals surface area contributed by atoms with Crippen LogP contribution in [-0.2, 0) is 4.74 Å². The van der Waals surface area contributed by atoms with Crippen molar-refractivity contribution in [1.82, 2.24) is 14.9 Å². The molecule has 0 radical (unpaired) electrons. The molecule has 2 heterocycles. The van der Waals surface area contributed by atoms with Gasteiger partial charge in [0.15, 0.2) is 0 Å². The first-order valence-electron chi connectivity index (χ1n) is 12.5. The number of carbonyl (C=O) groups is 1. The molecule has 6 heteroatoms. The number of fused-ring (bicyclic) bond motifs is 1. The minimum atomic E-state index is 0.0561. The lowest BCUT2D eigenvalue weighted by atomic mass is 9.97. The van der Waals surface area contributed by atoms with Crippen LogP contribution in [0.15, 0.2) is 60.7 Å². The summed E-state index contributed by atoms with van der Waals surface area (Å²) < 4.78 is 5.37. The molecule has 3 aromatic carbocycles. The molecule has 5 rings (SSSR count). The van der Waals surface area contributed by atoms with Crippen molar-refractivity contribution < 1.29 is 9.53 Å². The Hall–Kier alpha value is -3.77. The van der Waals surface area contributed by atoms with Gasteiger partial charge in [-0.05, 0) is 74.2 Å². The number of aryl methyl sites for hydroxylation is 3. The number of benzene rings is 3. The van der Waals surface area contributed by atoms with E-state index in [1.165, 1.54) is 11.1 Å². The Balaban J connectivity index is 1.47. The molecule has 1 fully saturated rings. The number of carbonyl (C=O) groups excluding carboxylic acids is 1. The van der Waals surface area contributed by atoms with Gasteiger partial charge in [-0.1, -0.05) is 42.0 Å². The van der Waals surface area contributed by atoms with Crippen LogP contribution < -0.4 is 5.32 Å². The number of amides is 1. The molecule has 1 amide bonds. The van der Waals surface area contributed by atoms with Crippen molar-refractivity contribution in [2.45, 2.75) is 33.7 Å². The molecule has 1 aliphatic rings. The molecule has 1 saturated heterocycles. The lowest BCUT2D eigenvalue weighted by molar-refractivity contribution is 0.0303.